The second-order valence-electron chi connectivity index (χ2n) is 4.80. The molecule has 0 fully saturated rings. The van der Waals surface area contributed by atoms with E-state index in [2.05, 4.69) is 10.6 Å². The molecular weight excluding hydrogens is 256 g/mol. The predicted molar refractivity (Wildman–Crippen MR) is 78.6 cm³/mol. The number of benzene rings is 1. The van der Waals surface area contributed by atoms with Crippen LogP contribution in [-0.4, -0.2) is 25.2 Å². The van der Waals surface area contributed by atoms with E-state index in [4.69, 9.17) is 4.74 Å². The maximum absolute atomic E-state index is 12.0. The number of carbonyl (C=O) groups excluding carboxylic acids is 2. The fourth-order valence-corrected chi connectivity index (χ4v) is 1.81. The van der Waals surface area contributed by atoms with Gasteiger partial charge in [-0.15, -0.1) is 0 Å². The highest BCUT2D eigenvalue weighted by molar-refractivity contribution is 5.93. The summed E-state index contributed by atoms with van der Waals surface area (Å²) in [6, 6.07) is 6.40. The molecule has 0 spiro atoms. The number of methoxy groups -OCH3 is 1. The van der Waals surface area contributed by atoms with Crippen molar-refractivity contribution in [1.29, 1.82) is 0 Å². The van der Waals surface area contributed by atoms with Crippen molar-refractivity contribution in [3.63, 3.8) is 0 Å². The molecule has 0 aromatic heterocycles. The number of hydrogen-bond acceptors (Lipinski definition) is 3. The predicted octanol–water partition coefficient (Wildman–Crippen LogP) is 2.70. The first kappa shape index (κ1) is 16.0. The van der Waals surface area contributed by atoms with E-state index in [1.165, 1.54) is 7.11 Å². The molecule has 0 aliphatic rings. The minimum absolute atomic E-state index is 0.00469. The van der Waals surface area contributed by atoms with Crippen LogP contribution in [-0.2, 0) is 9.53 Å². The lowest BCUT2D eigenvalue weighted by molar-refractivity contribution is -0.144. The molecule has 0 saturated heterocycles. The maximum Gasteiger partial charge on any atom is 0.328 e. The summed E-state index contributed by atoms with van der Waals surface area (Å²) in [4.78, 5) is 23.7. The zero-order valence-electron chi connectivity index (χ0n) is 12.4. The van der Waals surface area contributed by atoms with Crippen molar-refractivity contribution in [3.05, 3.63) is 29.8 Å². The van der Waals surface area contributed by atoms with Gasteiger partial charge in [-0.3, -0.25) is 0 Å². The smallest absolute Gasteiger partial charge is 0.328 e. The summed E-state index contributed by atoms with van der Waals surface area (Å²) in [6.07, 6.45) is 0.768. The Morgan fingerprint density at radius 3 is 2.50 bits per heavy atom. The Hall–Kier alpha value is -2.04. The molecule has 2 amide bonds. The van der Waals surface area contributed by atoms with Crippen LogP contribution in [0.2, 0.25) is 0 Å². The van der Waals surface area contributed by atoms with E-state index in [0.29, 0.717) is 0 Å². The van der Waals surface area contributed by atoms with Gasteiger partial charge in [-0.2, -0.15) is 0 Å². The third kappa shape index (κ3) is 4.26. The fraction of sp³-hybridized carbons (Fsp3) is 0.467. The summed E-state index contributed by atoms with van der Waals surface area (Å²) in [5, 5.41) is 5.41. The molecule has 0 saturated carbocycles. The number of anilines is 1. The van der Waals surface area contributed by atoms with Gasteiger partial charge in [-0.25, -0.2) is 9.59 Å². The lowest BCUT2D eigenvalue weighted by atomic mass is 9.99. The van der Waals surface area contributed by atoms with E-state index in [9.17, 15) is 9.59 Å². The van der Waals surface area contributed by atoms with Crippen LogP contribution < -0.4 is 10.6 Å². The van der Waals surface area contributed by atoms with Crippen molar-refractivity contribution in [2.75, 3.05) is 12.4 Å². The van der Waals surface area contributed by atoms with Gasteiger partial charge >= 0.3 is 12.0 Å². The van der Waals surface area contributed by atoms with E-state index in [1.807, 2.05) is 45.0 Å². The highest BCUT2D eigenvalue weighted by Gasteiger charge is 2.26. The van der Waals surface area contributed by atoms with Crippen LogP contribution in [0.5, 0.6) is 0 Å². The molecule has 1 rings (SSSR count). The summed E-state index contributed by atoms with van der Waals surface area (Å²) >= 11 is 0. The Balaban J connectivity index is 2.72. The molecule has 2 atom stereocenters. The summed E-state index contributed by atoms with van der Waals surface area (Å²) in [5.41, 5.74) is 1.68. The Morgan fingerprint density at radius 1 is 1.30 bits per heavy atom. The van der Waals surface area contributed by atoms with E-state index in [-0.39, 0.29) is 5.92 Å². The van der Waals surface area contributed by atoms with Gasteiger partial charge in [0.25, 0.3) is 0 Å². The lowest BCUT2D eigenvalue weighted by Crippen LogP contribution is -2.47. The summed E-state index contributed by atoms with van der Waals surface area (Å²) in [5.74, 6) is -0.427. The van der Waals surface area contributed by atoms with Gasteiger partial charge in [0.15, 0.2) is 0 Å². The van der Waals surface area contributed by atoms with Crippen molar-refractivity contribution in [2.45, 2.75) is 33.2 Å². The molecule has 0 aliphatic carbocycles. The Morgan fingerprint density at radius 2 is 1.95 bits per heavy atom. The first-order chi connectivity index (χ1) is 9.49. The van der Waals surface area contributed by atoms with Gasteiger partial charge < -0.3 is 15.4 Å². The lowest BCUT2D eigenvalue weighted by Gasteiger charge is -2.22. The molecule has 1 aromatic rings. The van der Waals surface area contributed by atoms with Crippen LogP contribution in [0.1, 0.15) is 25.8 Å². The monoisotopic (exact) mass is 278 g/mol. The Labute approximate surface area is 119 Å². The molecule has 1 unspecified atom stereocenters. The zero-order chi connectivity index (χ0) is 15.1. The maximum atomic E-state index is 12.0. The van der Waals surface area contributed by atoms with Crippen molar-refractivity contribution < 1.29 is 14.3 Å². The molecule has 0 heterocycles. The average Bonchev–Trinajstić information content (AvgIpc) is 2.45. The molecule has 0 radical (unpaired) electrons. The summed E-state index contributed by atoms with van der Waals surface area (Å²) in [6.45, 7) is 5.76. The number of carbonyl (C=O) groups is 2. The number of para-hydroxylation sites is 1. The number of esters is 1. The highest BCUT2D eigenvalue weighted by atomic mass is 16.5. The number of hydrogen-bond donors (Lipinski definition) is 2. The van der Waals surface area contributed by atoms with Crippen molar-refractivity contribution in [3.8, 4) is 0 Å². The van der Waals surface area contributed by atoms with E-state index in [0.717, 1.165) is 17.7 Å². The topological polar surface area (TPSA) is 67.4 Å². The van der Waals surface area contributed by atoms with E-state index >= 15 is 0 Å². The Bertz CT molecular complexity index is 474. The normalized spacial score (nSPS) is 13.2. The minimum atomic E-state index is -0.644. The number of urea groups is 1. The van der Waals surface area contributed by atoms with Crippen LogP contribution in [0.25, 0.3) is 0 Å². The number of aryl methyl sites for hydroxylation is 1. The molecule has 0 aliphatic heterocycles. The molecule has 5 heteroatoms. The summed E-state index contributed by atoms with van der Waals surface area (Å²) < 4.78 is 4.73. The number of nitrogens with one attached hydrogen (secondary N) is 2. The molecule has 0 bridgehead atoms. The number of amides is 2. The standard InChI is InChI=1S/C15H22N2O3/c1-5-10(2)13(14(18)20-4)17-15(19)16-12-9-7-6-8-11(12)3/h6-10,13H,5H2,1-4H3,(H2,16,17,19)/t10?,13-/m1/s1. The number of rotatable bonds is 5. The zero-order valence-corrected chi connectivity index (χ0v) is 12.4. The van der Waals surface area contributed by atoms with E-state index < -0.39 is 18.0 Å². The van der Waals surface area contributed by atoms with Gasteiger partial charge in [-0.05, 0) is 24.5 Å². The molecule has 20 heavy (non-hydrogen) atoms. The van der Waals surface area contributed by atoms with Crippen molar-refractivity contribution >= 4 is 17.7 Å². The van der Waals surface area contributed by atoms with Gasteiger partial charge in [0.1, 0.15) is 6.04 Å². The Kier molecular flexibility index (Phi) is 6.03. The quantitative estimate of drug-likeness (QED) is 0.814. The average molecular weight is 278 g/mol. The molecule has 5 nitrogen and oxygen atoms in total. The van der Waals surface area contributed by atoms with Crippen LogP contribution in [0.15, 0.2) is 24.3 Å². The minimum Gasteiger partial charge on any atom is -0.467 e. The van der Waals surface area contributed by atoms with Gasteiger partial charge in [0.05, 0.1) is 7.11 Å². The largest absolute Gasteiger partial charge is 0.467 e. The molecule has 2 N–H and O–H groups in total. The first-order valence-electron chi connectivity index (χ1n) is 6.70. The second kappa shape index (κ2) is 7.53. The van der Waals surface area contributed by atoms with Crippen LogP contribution in [0.4, 0.5) is 10.5 Å². The van der Waals surface area contributed by atoms with Gasteiger partial charge in [0.2, 0.25) is 0 Å². The molecular formula is C15H22N2O3. The van der Waals surface area contributed by atoms with E-state index in [1.54, 1.807) is 0 Å². The summed E-state index contributed by atoms with van der Waals surface area (Å²) in [7, 11) is 1.32. The van der Waals surface area contributed by atoms with Crippen LogP contribution >= 0.6 is 0 Å². The van der Waals surface area contributed by atoms with Gasteiger partial charge in [-0.1, -0.05) is 38.5 Å². The third-order valence-electron chi connectivity index (χ3n) is 3.35. The molecule has 110 valence electrons. The SMILES string of the molecule is CCC(C)[C@@H](NC(=O)Nc1ccccc1C)C(=O)OC. The second-order valence-corrected chi connectivity index (χ2v) is 4.80. The van der Waals surface area contributed by atoms with Crippen LogP contribution in [0.3, 0.4) is 0 Å². The fourth-order valence-electron chi connectivity index (χ4n) is 1.81. The molecule has 1 aromatic carbocycles. The van der Waals surface area contributed by atoms with Crippen LogP contribution in [0, 0.1) is 12.8 Å². The van der Waals surface area contributed by atoms with Crippen molar-refractivity contribution in [1.82, 2.24) is 5.32 Å². The number of ether oxygens (including phenoxy) is 1. The highest BCUT2D eigenvalue weighted by Crippen LogP contribution is 2.14. The van der Waals surface area contributed by atoms with Gasteiger partial charge in [0, 0.05) is 5.69 Å². The first-order valence-corrected chi connectivity index (χ1v) is 6.70. The van der Waals surface area contributed by atoms with Crippen molar-refractivity contribution in [2.24, 2.45) is 5.92 Å². The third-order valence-corrected chi connectivity index (χ3v) is 3.35.